The normalized spacial score (nSPS) is 15.0. The quantitative estimate of drug-likeness (QED) is 0.180. The highest BCUT2D eigenvalue weighted by Gasteiger charge is 2.30. The molecule has 0 aliphatic heterocycles. The molecule has 9 N–H and O–H groups in total. The number of hydrogen-bond donors (Lipinski definition) is 8. The van der Waals surface area contributed by atoms with Gasteiger partial charge in [-0.15, -0.1) is 0 Å². The molecular formula is C15H24N6O7. The fourth-order valence-electron chi connectivity index (χ4n) is 2.09. The van der Waals surface area contributed by atoms with E-state index >= 15 is 0 Å². The first-order valence-corrected chi connectivity index (χ1v) is 8.27. The van der Waals surface area contributed by atoms with Crippen molar-refractivity contribution in [1.82, 2.24) is 25.9 Å². The molecule has 13 heteroatoms. The second-order valence-corrected chi connectivity index (χ2v) is 5.97. The molecule has 0 fully saturated rings. The summed E-state index contributed by atoms with van der Waals surface area (Å²) in [6, 6.07) is -3.98. The molecule has 0 bridgehead atoms. The number of H-pyrrole nitrogens is 1. The van der Waals surface area contributed by atoms with Gasteiger partial charge in [0.05, 0.1) is 25.6 Å². The van der Waals surface area contributed by atoms with Crippen LogP contribution >= 0.6 is 0 Å². The summed E-state index contributed by atoms with van der Waals surface area (Å²) in [5.41, 5.74) is 5.79. The molecule has 1 rings (SSSR count). The smallest absolute Gasteiger partial charge is 0.328 e. The number of carbonyl (C=O) groups is 4. The third kappa shape index (κ3) is 7.30. The van der Waals surface area contributed by atoms with Gasteiger partial charge in [-0.1, -0.05) is 0 Å². The van der Waals surface area contributed by atoms with Crippen molar-refractivity contribution in [2.45, 2.75) is 37.6 Å². The molecule has 1 aromatic heterocycles. The van der Waals surface area contributed by atoms with Crippen molar-refractivity contribution in [2.24, 2.45) is 5.73 Å². The predicted octanol–water partition coefficient (Wildman–Crippen LogP) is -4.18. The molecule has 13 nitrogen and oxygen atoms in total. The number of carboxylic acids is 1. The maximum Gasteiger partial charge on any atom is 0.328 e. The Labute approximate surface area is 159 Å². The third-order valence-electron chi connectivity index (χ3n) is 3.63. The number of aromatic amines is 1. The van der Waals surface area contributed by atoms with Gasteiger partial charge in [-0.2, -0.15) is 0 Å². The molecule has 0 spiro atoms. The Hall–Kier alpha value is -3.03. The third-order valence-corrected chi connectivity index (χ3v) is 3.63. The largest absolute Gasteiger partial charge is 0.480 e. The van der Waals surface area contributed by atoms with Gasteiger partial charge >= 0.3 is 5.97 Å². The monoisotopic (exact) mass is 400 g/mol. The molecule has 0 saturated carbocycles. The molecule has 3 amide bonds. The van der Waals surface area contributed by atoms with Crippen LogP contribution in [0.1, 0.15) is 12.6 Å². The van der Waals surface area contributed by atoms with Gasteiger partial charge in [0, 0.05) is 18.3 Å². The predicted molar refractivity (Wildman–Crippen MR) is 93.5 cm³/mol. The molecule has 0 aliphatic rings. The lowest BCUT2D eigenvalue weighted by Gasteiger charge is -2.22. The van der Waals surface area contributed by atoms with Gasteiger partial charge < -0.3 is 42.0 Å². The maximum absolute atomic E-state index is 12.4. The van der Waals surface area contributed by atoms with Crippen molar-refractivity contribution in [2.75, 3.05) is 13.2 Å². The first-order valence-electron chi connectivity index (χ1n) is 8.27. The molecule has 4 unspecified atom stereocenters. The number of carbonyl (C=O) groups excluding carboxylic acids is 3. The van der Waals surface area contributed by atoms with Crippen LogP contribution in [0.5, 0.6) is 0 Å². The molecule has 1 aromatic rings. The Balaban J connectivity index is 2.78. The number of rotatable bonds is 11. The topological polar surface area (TPSA) is 220 Å². The number of hydrogen-bond acceptors (Lipinski definition) is 8. The van der Waals surface area contributed by atoms with E-state index < -0.39 is 61.1 Å². The van der Waals surface area contributed by atoms with E-state index in [1.54, 1.807) is 0 Å². The van der Waals surface area contributed by atoms with E-state index in [1.165, 1.54) is 19.4 Å². The number of imidazole rings is 1. The highest BCUT2D eigenvalue weighted by atomic mass is 16.4. The van der Waals surface area contributed by atoms with E-state index in [4.69, 9.17) is 15.9 Å². The summed E-state index contributed by atoms with van der Waals surface area (Å²) < 4.78 is 0. The molecule has 4 atom stereocenters. The average Bonchev–Trinajstić information content (AvgIpc) is 3.15. The molecular weight excluding hydrogens is 376 g/mol. The van der Waals surface area contributed by atoms with Crippen LogP contribution in [-0.4, -0.2) is 86.4 Å². The van der Waals surface area contributed by atoms with Crippen molar-refractivity contribution in [3.63, 3.8) is 0 Å². The van der Waals surface area contributed by atoms with Crippen molar-refractivity contribution >= 4 is 23.7 Å². The zero-order chi connectivity index (χ0) is 21.3. The zero-order valence-electron chi connectivity index (χ0n) is 15.1. The first-order chi connectivity index (χ1) is 13.1. The number of nitrogens with two attached hydrogens (primary N) is 1. The van der Waals surface area contributed by atoms with Crippen LogP contribution in [0.15, 0.2) is 12.5 Å². The number of aliphatic hydroxyl groups excluding tert-OH is 2. The highest BCUT2D eigenvalue weighted by molar-refractivity contribution is 5.92. The molecule has 0 aromatic carbocycles. The summed E-state index contributed by atoms with van der Waals surface area (Å²) in [6.07, 6.45) is 1.36. The molecule has 0 saturated heterocycles. The summed E-state index contributed by atoms with van der Waals surface area (Å²) >= 11 is 0. The van der Waals surface area contributed by atoms with Crippen LogP contribution in [0.4, 0.5) is 0 Å². The van der Waals surface area contributed by atoms with Gasteiger partial charge in [0.1, 0.15) is 12.1 Å². The Kier molecular flexibility index (Phi) is 9.01. The molecule has 0 aliphatic carbocycles. The fourth-order valence-corrected chi connectivity index (χ4v) is 2.09. The number of nitrogens with one attached hydrogen (secondary N) is 4. The lowest BCUT2D eigenvalue weighted by atomic mass is 10.1. The molecule has 0 radical (unpaired) electrons. The van der Waals surface area contributed by atoms with Crippen LogP contribution in [0.2, 0.25) is 0 Å². The van der Waals surface area contributed by atoms with E-state index in [0.717, 1.165) is 0 Å². The van der Waals surface area contributed by atoms with Crippen LogP contribution in [0.3, 0.4) is 0 Å². The van der Waals surface area contributed by atoms with Gasteiger partial charge in [0.25, 0.3) is 0 Å². The van der Waals surface area contributed by atoms with Crippen molar-refractivity contribution in [1.29, 1.82) is 0 Å². The lowest BCUT2D eigenvalue weighted by molar-refractivity contribution is -0.145. The summed E-state index contributed by atoms with van der Waals surface area (Å²) in [7, 11) is 0. The second-order valence-electron chi connectivity index (χ2n) is 5.97. The summed E-state index contributed by atoms with van der Waals surface area (Å²) in [5.74, 6) is -3.80. The number of amides is 3. The Bertz CT molecular complexity index is 678. The van der Waals surface area contributed by atoms with Crippen molar-refractivity contribution in [3.8, 4) is 0 Å². The van der Waals surface area contributed by atoms with Gasteiger partial charge in [-0.25, -0.2) is 9.78 Å². The first kappa shape index (κ1) is 23.0. The molecule has 28 heavy (non-hydrogen) atoms. The second kappa shape index (κ2) is 11.0. The van der Waals surface area contributed by atoms with Crippen LogP contribution < -0.4 is 21.7 Å². The van der Waals surface area contributed by atoms with Gasteiger partial charge in [-0.05, 0) is 6.92 Å². The summed E-state index contributed by atoms with van der Waals surface area (Å²) in [4.78, 5) is 53.7. The number of nitrogens with zero attached hydrogens (tertiary/aromatic N) is 1. The van der Waals surface area contributed by atoms with E-state index in [9.17, 15) is 24.3 Å². The Morgan fingerprint density at radius 2 is 1.93 bits per heavy atom. The fraction of sp³-hybridized carbons (Fsp3) is 0.533. The number of aromatic nitrogens is 2. The van der Waals surface area contributed by atoms with Crippen LogP contribution in [0.25, 0.3) is 0 Å². The van der Waals surface area contributed by atoms with Crippen LogP contribution in [-0.2, 0) is 25.6 Å². The SMILES string of the molecule is CC(O)C(NC(=O)C(Cc1cnc[nH]1)NC(=O)CNC(=O)C(N)CO)C(=O)O. The van der Waals surface area contributed by atoms with E-state index in [2.05, 4.69) is 25.9 Å². The number of carboxylic acid groups (broad SMARTS) is 1. The minimum atomic E-state index is -1.57. The lowest BCUT2D eigenvalue weighted by Crippen LogP contribution is -2.56. The average molecular weight is 400 g/mol. The number of aliphatic hydroxyl groups is 2. The van der Waals surface area contributed by atoms with E-state index in [-0.39, 0.29) is 6.42 Å². The zero-order valence-corrected chi connectivity index (χ0v) is 15.1. The molecule has 1 heterocycles. The molecule has 156 valence electrons. The minimum absolute atomic E-state index is 0.0478. The summed E-state index contributed by atoms with van der Waals surface area (Å²) in [5, 5.41) is 34.1. The van der Waals surface area contributed by atoms with Crippen LogP contribution in [0, 0.1) is 0 Å². The van der Waals surface area contributed by atoms with Crippen molar-refractivity contribution < 1.29 is 34.5 Å². The van der Waals surface area contributed by atoms with Crippen molar-refractivity contribution in [3.05, 3.63) is 18.2 Å². The Morgan fingerprint density at radius 3 is 2.43 bits per heavy atom. The summed E-state index contributed by atoms with van der Waals surface area (Å²) in [6.45, 7) is 0.0771. The van der Waals surface area contributed by atoms with E-state index in [1.807, 2.05) is 0 Å². The van der Waals surface area contributed by atoms with Gasteiger partial charge in [-0.3, -0.25) is 14.4 Å². The highest BCUT2D eigenvalue weighted by Crippen LogP contribution is 2.01. The van der Waals surface area contributed by atoms with Gasteiger partial charge in [0.2, 0.25) is 17.7 Å². The maximum atomic E-state index is 12.4. The Morgan fingerprint density at radius 1 is 1.25 bits per heavy atom. The van der Waals surface area contributed by atoms with E-state index in [0.29, 0.717) is 5.69 Å². The minimum Gasteiger partial charge on any atom is -0.480 e. The van der Waals surface area contributed by atoms with Gasteiger partial charge in [0.15, 0.2) is 6.04 Å². The number of aliphatic carboxylic acids is 1. The standard InChI is InChI=1S/C15H24N6O7/c1-7(23)12(15(27)28)21-14(26)10(2-8-3-17-6-19-8)20-11(24)4-18-13(25)9(16)5-22/h3,6-7,9-10,12,22-23H,2,4-5,16H2,1H3,(H,17,19)(H,18,25)(H,20,24)(H,21,26)(H,27,28).